The molecule has 4 aliphatic heterocycles. The quantitative estimate of drug-likeness (QED) is 0.0574. The minimum absolute atomic E-state index is 0.137. The van der Waals surface area contributed by atoms with Crippen LogP contribution in [0.25, 0.3) is 45.0 Å². The van der Waals surface area contributed by atoms with Gasteiger partial charge in [0, 0.05) is 101 Å². The maximum Gasteiger partial charge on any atom is 0.496 e. The van der Waals surface area contributed by atoms with Gasteiger partial charge in [0.1, 0.15) is 36.2 Å². The van der Waals surface area contributed by atoms with E-state index >= 15 is 0 Å². The molecule has 19 nitrogen and oxygen atoms in total. The number of nitrogens with zero attached hydrogens (tertiary/aromatic N) is 6. The van der Waals surface area contributed by atoms with Crippen LogP contribution < -0.4 is 35.0 Å². The van der Waals surface area contributed by atoms with E-state index in [0.29, 0.717) is 47.5 Å². The predicted octanol–water partition coefficient (Wildman–Crippen LogP) is 8.63. The second-order valence-corrected chi connectivity index (χ2v) is 23.8. The van der Waals surface area contributed by atoms with Gasteiger partial charge in [-0.05, 0) is 111 Å². The van der Waals surface area contributed by atoms with E-state index in [1.54, 1.807) is 43.4 Å². The highest BCUT2D eigenvalue weighted by atomic mass is 79.9. The third-order valence-corrected chi connectivity index (χ3v) is 16.6. The molecule has 8 aromatic rings. The number of fused-ring (bicyclic) bond motifs is 6. The number of rotatable bonds is 12. The van der Waals surface area contributed by atoms with Gasteiger partial charge < -0.3 is 63.0 Å². The molecule has 428 valence electrons. The molecule has 2 aromatic carbocycles. The molecule has 2 fully saturated rings. The highest BCUT2D eigenvalue weighted by Gasteiger charge is 2.52. The van der Waals surface area contributed by atoms with Crippen LogP contribution >= 0.6 is 51.2 Å². The van der Waals surface area contributed by atoms with Crippen molar-refractivity contribution in [3.63, 3.8) is 0 Å². The summed E-state index contributed by atoms with van der Waals surface area (Å²) in [6.45, 7) is 12.4. The maximum atomic E-state index is 13.3. The van der Waals surface area contributed by atoms with E-state index in [2.05, 4.69) is 72.0 Å². The Morgan fingerprint density at radius 2 is 1.27 bits per heavy atom. The molecule has 0 radical (unpaired) electrons. The van der Waals surface area contributed by atoms with Crippen LogP contribution in [0.5, 0.6) is 23.0 Å². The number of aromatic nitrogens is 6. The average molecular weight is 1230 g/mol. The number of hydrogen-bond acceptors (Lipinski definition) is 16. The molecule has 10 heterocycles. The molecule has 12 rings (SSSR count). The zero-order valence-electron chi connectivity index (χ0n) is 47.0. The van der Waals surface area contributed by atoms with E-state index in [-0.39, 0.29) is 48.7 Å². The van der Waals surface area contributed by atoms with Crippen LogP contribution in [0, 0.1) is 0 Å². The second kappa shape index (κ2) is 23.9. The van der Waals surface area contributed by atoms with Crippen LogP contribution in [0.15, 0.2) is 99.3 Å². The van der Waals surface area contributed by atoms with E-state index in [0.717, 1.165) is 60.5 Å². The van der Waals surface area contributed by atoms with Crippen LogP contribution in [-0.4, -0.2) is 127 Å². The van der Waals surface area contributed by atoms with Gasteiger partial charge in [0.25, 0.3) is 11.8 Å². The molecular weight excluding hydrogens is 1160 g/mol. The Labute approximate surface area is 492 Å². The number of thiophene rings is 2. The van der Waals surface area contributed by atoms with Crippen LogP contribution in [0.2, 0.25) is 0 Å². The van der Waals surface area contributed by atoms with Crippen LogP contribution in [0.3, 0.4) is 0 Å². The average Bonchev–Trinajstić information content (AvgIpc) is 4.51. The van der Waals surface area contributed by atoms with E-state index in [9.17, 15) is 19.8 Å². The van der Waals surface area contributed by atoms with Crippen molar-refractivity contribution in [3.05, 3.63) is 122 Å². The summed E-state index contributed by atoms with van der Waals surface area (Å²) in [6.07, 6.45) is 9.70. The lowest BCUT2D eigenvalue weighted by atomic mass is 9.81. The lowest BCUT2D eigenvalue weighted by Gasteiger charge is -2.38. The molecule has 4 N–H and O–H groups in total. The number of carbonyl (C=O) groups is 2. The van der Waals surface area contributed by atoms with Gasteiger partial charge in [0.05, 0.1) is 90.2 Å². The summed E-state index contributed by atoms with van der Waals surface area (Å²) in [4.78, 5) is 26.3. The highest BCUT2D eigenvalue weighted by molar-refractivity contribution is 9.10. The van der Waals surface area contributed by atoms with Gasteiger partial charge in [-0.2, -0.15) is 45.5 Å². The maximum absolute atomic E-state index is 13.3. The first-order valence-electron chi connectivity index (χ1n) is 25.8. The smallest absolute Gasteiger partial charge is 0.496 e. The lowest BCUT2D eigenvalue weighted by Crippen LogP contribution is -2.60. The molecule has 24 heteroatoms. The molecule has 81 heavy (non-hydrogen) atoms. The van der Waals surface area contributed by atoms with Crippen molar-refractivity contribution < 1.29 is 52.8 Å². The number of benzene rings is 2. The summed E-state index contributed by atoms with van der Waals surface area (Å²) in [5.74, 6) is 1.97. The minimum atomic E-state index is -1.18. The molecular formula is C57H66BBrN8O11S3. The Morgan fingerprint density at radius 1 is 0.753 bits per heavy atom. The summed E-state index contributed by atoms with van der Waals surface area (Å²) in [5.41, 5.74) is 7.83. The summed E-state index contributed by atoms with van der Waals surface area (Å²) in [6, 6.07) is 15.6. The lowest BCUT2D eigenvalue weighted by molar-refractivity contribution is -0.0594. The number of hydrogen-bond donors (Lipinski definition) is 5. The molecule has 6 aromatic heterocycles. The Balaban J connectivity index is 0.000000155. The van der Waals surface area contributed by atoms with Crippen LogP contribution in [-0.2, 0) is 41.4 Å². The zero-order chi connectivity index (χ0) is 58.2. The van der Waals surface area contributed by atoms with Gasteiger partial charge in [0.2, 0.25) is 0 Å². The van der Waals surface area contributed by atoms with Gasteiger partial charge in [-0.3, -0.25) is 9.59 Å². The topological polar surface area (TPSA) is 209 Å². The fraction of sp³-hybridized carbons (Fsp3) is 0.368. The van der Waals surface area contributed by atoms with Crippen molar-refractivity contribution >= 4 is 75.6 Å². The van der Waals surface area contributed by atoms with Gasteiger partial charge in [-0.15, -0.1) is 0 Å². The Bertz CT molecular complexity index is 3530. The number of carbonyl (C=O) groups excluding carboxylic acids is 2. The van der Waals surface area contributed by atoms with Crippen molar-refractivity contribution in [1.29, 1.82) is 0 Å². The molecule has 2 saturated heterocycles. The van der Waals surface area contributed by atoms with Gasteiger partial charge in [0.15, 0.2) is 11.4 Å². The first kappa shape index (κ1) is 59.3. The van der Waals surface area contributed by atoms with E-state index in [1.807, 2.05) is 130 Å². The number of halogens is 1. The first-order chi connectivity index (χ1) is 38.7. The molecule has 0 saturated carbocycles. The number of aliphatic hydroxyl groups excluding tert-OH is 2. The largest absolute Gasteiger partial charge is 0.496 e. The van der Waals surface area contributed by atoms with E-state index in [1.165, 1.54) is 11.3 Å². The fourth-order valence-electron chi connectivity index (χ4n) is 9.36. The molecule has 2 amide bonds. The SMILES string of the molecule is COc1cc2c(cc1-c1ccn(C)c1)-c1c(c(C(=O)NC(C)(CO)CO)nn1-c1ccsc1)CO2.COc1cc2c(cc1Br)-c1c(c(C(=O)NC3(C)COC3)nn1-c1ccsc1)CO2.CS.Cn1ccc(B2OC(C)(C)C(C)(C)O2)c1. The molecule has 0 atom stereocenters. The van der Waals surface area contributed by atoms with E-state index in [4.69, 9.17) is 38.1 Å². The summed E-state index contributed by atoms with van der Waals surface area (Å²) >= 11 is 10.2. The Morgan fingerprint density at radius 3 is 1.73 bits per heavy atom. The van der Waals surface area contributed by atoms with Gasteiger partial charge in [-0.1, -0.05) is 0 Å². The normalized spacial score (nSPS) is 15.7. The van der Waals surface area contributed by atoms with Crippen molar-refractivity contribution in [2.24, 2.45) is 14.1 Å². The number of aryl methyl sites for hydroxylation is 2. The van der Waals surface area contributed by atoms with Crippen molar-refractivity contribution in [2.45, 2.75) is 77.0 Å². The summed E-state index contributed by atoms with van der Waals surface area (Å²) in [7, 11) is 6.95. The zero-order valence-corrected chi connectivity index (χ0v) is 51.1. The number of thiol groups is 1. The Kier molecular flexibility index (Phi) is 17.5. The molecule has 0 spiro atoms. The number of nitrogens with one attached hydrogen (secondary N) is 2. The summed E-state index contributed by atoms with van der Waals surface area (Å²) in [5, 5.41) is 42.3. The number of amides is 2. The first-order valence-corrected chi connectivity index (χ1v) is 29.4. The van der Waals surface area contributed by atoms with Gasteiger partial charge in [-0.25, -0.2) is 9.36 Å². The number of aliphatic hydroxyl groups is 2. The summed E-state index contributed by atoms with van der Waals surface area (Å²) < 4.78 is 48.6. The predicted molar refractivity (Wildman–Crippen MR) is 320 cm³/mol. The number of ether oxygens (including phenoxy) is 5. The standard InChI is InChI=1S/C25H26N4O5S.C20H18BrN3O4S.C11H18BNO2.CH4S/c1-25(13-30,14-31)26-24(32)22-19-11-34-21-9-20(33-3)17(15-4-6-28(2)10-15)8-18(21)23(19)29(27-22)16-5-7-35-12-16;1-20(9-27-10-20)22-19(25)17-13-7-28-15-6-16(26-2)14(21)5-12(15)18(13)24(23-17)11-3-4-29-8-11;1-10(2)11(3,4)15-12(14-10)9-6-7-13(5)8-9;1-2/h4-10,12,30-31H,11,13-14H2,1-3H3,(H,26,32);3-6,8H,7,9-10H2,1-2H3,(H,22,25);6-8H,1-5H3;2H,1H3. The second-order valence-electron chi connectivity index (χ2n) is 21.3. The third-order valence-electron chi connectivity index (χ3n) is 14.6. The van der Waals surface area contributed by atoms with E-state index < -0.39 is 24.7 Å². The van der Waals surface area contributed by atoms with Crippen molar-refractivity contribution in [3.8, 4) is 68.0 Å². The minimum Gasteiger partial charge on any atom is -0.496 e. The molecule has 0 bridgehead atoms. The van der Waals surface area contributed by atoms with Gasteiger partial charge >= 0.3 is 7.12 Å². The third kappa shape index (κ3) is 11.8. The van der Waals surface area contributed by atoms with Crippen molar-refractivity contribution in [2.75, 3.05) is 46.9 Å². The molecule has 4 aliphatic rings. The van der Waals surface area contributed by atoms with Crippen LogP contribution in [0.4, 0.5) is 0 Å². The molecule has 0 aliphatic carbocycles. The van der Waals surface area contributed by atoms with Crippen molar-refractivity contribution in [1.82, 2.24) is 39.3 Å². The monoisotopic (exact) mass is 1220 g/mol. The Hall–Kier alpha value is -6.35. The fourth-order valence-corrected chi connectivity index (χ4v) is 11.1. The van der Waals surface area contributed by atoms with Crippen LogP contribution in [0.1, 0.15) is 73.6 Å². The number of methoxy groups -OCH3 is 2. The molecule has 0 unspecified atom stereocenters. The highest BCUT2D eigenvalue weighted by Crippen LogP contribution is 2.48.